The molecule has 0 fully saturated rings. The van der Waals surface area contributed by atoms with Crippen molar-refractivity contribution in [3.8, 4) is 0 Å². The van der Waals surface area contributed by atoms with E-state index in [0.29, 0.717) is 23.6 Å². The van der Waals surface area contributed by atoms with Crippen LogP contribution in [0, 0.1) is 0 Å². The van der Waals surface area contributed by atoms with Gasteiger partial charge < -0.3 is 10.6 Å². The molecule has 2 aromatic rings. The van der Waals surface area contributed by atoms with Gasteiger partial charge in [0.25, 0.3) is 11.8 Å². The van der Waals surface area contributed by atoms with Crippen molar-refractivity contribution in [2.75, 3.05) is 20.1 Å². The van der Waals surface area contributed by atoms with E-state index in [0.717, 1.165) is 5.56 Å². The van der Waals surface area contributed by atoms with Crippen molar-refractivity contribution < 1.29 is 9.59 Å². The first-order valence-corrected chi connectivity index (χ1v) is 8.59. The third kappa shape index (κ3) is 4.65. The molecule has 2 aromatic carbocycles. The Balaban J connectivity index is 0.00000261. The molecule has 2 N–H and O–H groups in total. The first-order valence-electron chi connectivity index (χ1n) is 8.59. The Labute approximate surface area is 176 Å². The van der Waals surface area contributed by atoms with Gasteiger partial charge in [-0.3, -0.25) is 19.5 Å². The lowest BCUT2D eigenvalue weighted by molar-refractivity contribution is 0.0657. The molecule has 0 radical (unpaired) electrons. The van der Waals surface area contributed by atoms with E-state index in [-0.39, 0.29) is 48.4 Å². The van der Waals surface area contributed by atoms with E-state index in [9.17, 15) is 9.59 Å². The van der Waals surface area contributed by atoms with Gasteiger partial charge in [-0.1, -0.05) is 42.5 Å². The molecule has 0 saturated heterocycles. The highest BCUT2D eigenvalue weighted by molar-refractivity contribution is 14.0. The van der Waals surface area contributed by atoms with Gasteiger partial charge in [-0.05, 0) is 24.6 Å². The average molecular weight is 478 g/mol. The van der Waals surface area contributed by atoms with Crippen LogP contribution in [0.5, 0.6) is 0 Å². The number of rotatable bonds is 5. The molecule has 7 heteroatoms. The molecule has 142 valence electrons. The predicted molar refractivity (Wildman–Crippen MR) is 117 cm³/mol. The molecular weight excluding hydrogens is 455 g/mol. The van der Waals surface area contributed by atoms with Crippen molar-refractivity contribution in [3.63, 3.8) is 0 Å². The molecular formula is C20H23IN4O2. The van der Waals surface area contributed by atoms with Crippen LogP contribution in [0.25, 0.3) is 0 Å². The molecule has 0 aromatic heterocycles. The maximum Gasteiger partial charge on any atom is 0.261 e. The second-order valence-corrected chi connectivity index (χ2v) is 6.08. The van der Waals surface area contributed by atoms with Gasteiger partial charge in [-0.25, -0.2) is 0 Å². The summed E-state index contributed by atoms with van der Waals surface area (Å²) in [5.41, 5.74) is 2.09. The molecule has 2 amide bonds. The smallest absolute Gasteiger partial charge is 0.261 e. The fourth-order valence-corrected chi connectivity index (χ4v) is 2.95. The number of hydrogen-bond donors (Lipinski definition) is 2. The van der Waals surface area contributed by atoms with Crippen LogP contribution >= 0.6 is 24.0 Å². The fourth-order valence-electron chi connectivity index (χ4n) is 2.95. The molecule has 1 aliphatic heterocycles. The number of nitrogens with zero attached hydrogens (tertiary/aromatic N) is 2. The molecule has 6 nitrogen and oxygen atoms in total. The van der Waals surface area contributed by atoms with Crippen LogP contribution in [0.15, 0.2) is 59.6 Å². The van der Waals surface area contributed by atoms with Gasteiger partial charge in [0.1, 0.15) is 0 Å². The van der Waals surface area contributed by atoms with Crippen molar-refractivity contribution in [1.82, 2.24) is 15.5 Å². The molecule has 1 unspecified atom stereocenters. The third-order valence-electron chi connectivity index (χ3n) is 4.38. The topological polar surface area (TPSA) is 73.8 Å². The van der Waals surface area contributed by atoms with E-state index in [1.54, 1.807) is 31.3 Å². The van der Waals surface area contributed by atoms with Crippen LogP contribution in [0.4, 0.5) is 0 Å². The van der Waals surface area contributed by atoms with E-state index in [4.69, 9.17) is 0 Å². The van der Waals surface area contributed by atoms with Gasteiger partial charge in [0.05, 0.1) is 17.2 Å². The minimum atomic E-state index is -0.243. The summed E-state index contributed by atoms with van der Waals surface area (Å²) in [6.45, 7) is 2.76. The molecule has 0 saturated carbocycles. The van der Waals surface area contributed by atoms with Gasteiger partial charge >= 0.3 is 0 Å². The second-order valence-electron chi connectivity index (χ2n) is 6.08. The van der Waals surface area contributed by atoms with Crippen molar-refractivity contribution >= 4 is 41.8 Å². The molecule has 0 bridgehead atoms. The van der Waals surface area contributed by atoms with Crippen LogP contribution < -0.4 is 10.6 Å². The molecule has 0 spiro atoms. The quantitative estimate of drug-likeness (QED) is 0.300. The standard InChI is InChI=1S/C20H22N4O2.HI/c1-14(15-8-4-3-5-9-15)23-20(21-2)22-12-13-24-18(25)16-10-6-7-11-17(16)19(24)26;/h3-11,14H,12-13H2,1-2H3,(H2,21,22,23);1H. The summed E-state index contributed by atoms with van der Waals surface area (Å²) in [6.07, 6.45) is 0. The summed E-state index contributed by atoms with van der Waals surface area (Å²) in [5.74, 6) is 0.138. The molecule has 27 heavy (non-hydrogen) atoms. The highest BCUT2D eigenvalue weighted by atomic mass is 127. The Morgan fingerprint density at radius 3 is 2.11 bits per heavy atom. The lowest BCUT2D eigenvalue weighted by atomic mass is 10.1. The number of hydrogen-bond acceptors (Lipinski definition) is 3. The Morgan fingerprint density at radius 1 is 1.00 bits per heavy atom. The maximum absolute atomic E-state index is 12.3. The number of benzene rings is 2. The summed E-state index contributed by atoms with van der Waals surface area (Å²) in [4.78, 5) is 30.2. The Hall–Kier alpha value is -2.42. The number of carbonyl (C=O) groups excluding carboxylic acids is 2. The van der Waals surface area contributed by atoms with Crippen molar-refractivity contribution in [2.24, 2.45) is 4.99 Å². The summed E-state index contributed by atoms with van der Waals surface area (Å²) in [5, 5.41) is 6.46. The third-order valence-corrected chi connectivity index (χ3v) is 4.38. The minimum Gasteiger partial charge on any atom is -0.355 e. The summed E-state index contributed by atoms with van der Waals surface area (Å²) in [6, 6.07) is 17.0. The summed E-state index contributed by atoms with van der Waals surface area (Å²) >= 11 is 0. The molecule has 3 rings (SSSR count). The van der Waals surface area contributed by atoms with E-state index < -0.39 is 0 Å². The number of aliphatic imine (C=N–C) groups is 1. The minimum absolute atomic E-state index is 0. The van der Waals surface area contributed by atoms with Crippen molar-refractivity contribution in [2.45, 2.75) is 13.0 Å². The molecule has 1 aliphatic rings. The Bertz CT molecular complexity index is 804. The van der Waals surface area contributed by atoms with Gasteiger partial charge in [0.2, 0.25) is 0 Å². The van der Waals surface area contributed by atoms with Crippen LogP contribution in [0.2, 0.25) is 0 Å². The number of amides is 2. The summed E-state index contributed by atoms with van der Waals surface area (Å²) in [7, 11) is 1.69. The van der Waals surface area contributed by atoms with Gasteiger partial charge in [0.15, 0.2) is 5.96 Å². The zero-order valence-electron chi connectivity index (χ0n) is 15.3. The van der Waals surface area contributed by atoms with Crippen LogP contribution in [0.1, 0.15) is 39.2 Å². The fraction of sp³-hybridized carbons (Fsp3) is 0.250. The number of carbonyl (C=O) groups is 2. The largest absolute Gasteiger partial charge is 0.355 e. The molecule has 1 heterocycles. The number of guanidine groups is 1. The van der Waals surface area contributed by atoms with Gasteiger partial charge in [-0.2, -0.15) is 0 Å². The highest BCUT2D eigenvalue weighted by Crippen LogP contribution is 2.21. The van der Waals surface area contributed by atoms with Gasteiger partial charge in [0, 0.05) is 20.1 Å². The Kier molecular flexibility index (Phi) is 7.35. The zero-order valence-corrected chi connectivity index (χ0v) is 17.6. The van der Waals surface area contributed by atoms with E-state index in [1.807, 2.05) is 37.3 Å². The SMILES string of the molecule is CN=C(NCCN1C(=O)c2ccccc2C1=O)NC(C)c1ccccc1.I. The first-order chi connectivity index (χ1) is 12.6. The lowest BCUT2D eigenvalue weighted by Crippen LogP contribution is -2.43. The van der Waals surface area contributed by atoms with Crippen molar-refractivity contribution in [3.05, 3.63) is 71.3 Å². The number of fused-ring (bicyclic) bond motifs is 1. The highest BCUT2D eigenvalue weighted by Gasteiger charge is 2.34. The maximum atomic E-state index is 12.3. The number of imide groups is 1. The van der Waals surface area contributed by atoms with E-state index in [1.165, 1.54) is 4.90 Å². The lowest BCUT2D eigenvalue weighted by Gasteiger charge is -2.20. The predicted octanol–water partition coefficient (Wildman–Crippen LogP) is 2.83. The number of halogens is 1. The molecule has 1 atom stereocenters. The Morgan fingerprint density at radius 2 is 1.56 bits per heavy atom. The van der Waals surface area contributed by atoms with Crippen LogP contribution in [0.3, 0.4) is 0 Å². The van der Waals surface area contributed by atoms with Gasteiger partial charge in [-0.15, -0.1) is 24.0 Å². The van der Waals surface area contributed by atoms with E-state index >= 15 is 0 Å². The second kappa shape index (κ2) is 9.50. The average Bonchev–Trinajstić information content (AvgIpc) is 2.93. The monoisotopic (exact) mass is 478 g/mol. The van der Waals surface area contributed by atoms with Crippen LogP contribution in [-0.4, -0.2) is 42.8 Å². The summed E-state index contributed by atoms with van der Waals surface area (Å²) < 4.78 is 0. The zero-order chi connectivity index (χ0) is 18.5. The normalized spacial score (nSPS) is 14.4. The van der Waals surface area contributed by atoms with Crippen molar-refractivity contribution in [1.29, 1.82) is 0 Å². The van der Waals surface area contributed by atoms with E-state index in [2.05, 4.69) is 15.6 Å². The first kappa shape index (κ1) is 20.9. The number of nitrogens with one attached hydrogen (secondary N) is 2. The molecule has 0 aliphatic carbocycles. The van der Waals surface area contributed by atoms with Crippen LogP contribution in [-0.2, 0) is 0 Å².